The number of fused-ring (bicyclic) bond motifs is 2. The first-order valence-corrected chi connectivity index (χ1v) is 9.97. The molecule has 0 aliphatic carbocycles. The molecule has 31 heavy (non-hydrogen) atoms. The highest BCUT2D eigenvalue weighted by Gasteiger charge is 2.44. The standard InChI is InChI=1S/C23H23N3O5/c1-13-9-10-15-16(11-13)22(29)26(21(15)28)14(2)20(27)25-12-19(23(30)24(3)4)31-18-8-6-5-7-17(18)25/h5-11,14,19H,12H2,1-4H3/t14-,19+/m0/s1. The van der Waals surface area contributed by atoms with E-state index < -0.39 is 29.9 Å². The van der Waals surface area contributed by atoms with Gasteiger partial charge in [-0.25, -0.2) is 0 Å². The van der Waals surface area contributed by atoms with Gasteiger partial charge in [0.15, 0.2) is 6.10 Å². The normalized spacial score (nSPS) is 18.3. The molecule has 2 atom stereocenters. The molecule has 8 heteroatoms. The van der Waals surface area contributed by atoms with Gasteiger partial charge in [0, 0.05) is 14.1 Å². The molecule has 0 saturated heterocycles. The molecule has 2 aromatic rings. The number of aryl methyl sites for hydroxylation is 1. The smallest absolute Gasteiger partial charge is 0.265 e. The SMILES string of the molecule is Cc1ccc2c(c1)C(=O)N([C@@H](C)C(=O)N1C[C@H](C(=O)N(C)C)Oc3ccccc31)C2=O. The Morgan fingerprint density at radius 1 is 1.06 bits per heavy atom. The number of likely N-dealkylation sites (N-methyl/N-ethyl adjacent to an activating group) is 1. The monoisotopic (exact) mass is 421 g/mol. The summed E-state index contributed by atoms with van der Waals surface area (Å²) in [4.78, 5) is 55.7. The molecule has 0 aromatic heterocycles. The van der Waals surface area contributed by atoms with Gasteiger partial charge in [0.25, 0.3) is 17.7 Å². The molecule has 4 amide bonds. The Labute approximate surface area is 180 Å². The zero-order valence-electron chi connectivity index (χ0n) is 17.8. The van der Waals surface area contributed by atoms with Gasteiger partial charge in [0.1, 0.15) is 11.8 Å². The highest BCUT2D eigenvalue weighted by molar-refractivity contribution is 6.23. The minimum Gasteiger partial charge on any atom is -0.476 e. The molecule has 0 radical (unpaired) electrons. The van der Waals surface area contributed by atoms with Gasteiger partial charge in [0.2, 0.25) is 5.91 Å². The first kappa shape index (κ1) is 20.6. The van der Waals surface area contributed by atoms with Gasteiger partial charge >= 0.3 is 0 Å². The van der Waals surface area contributed by atoms with Crippen molar-refractivity contribution in [3.8, 4) is 5.75 Å². The van der Waals surface area contributed by atoms with E-state index in [1.807, 2.05) is 6.92 Å². The molecule has 0 unspecified atom stereocenters. The number of carbonyl (C=O) groups is 4. The number of ether oxygens (including phenoxy) is 1. The number of hydrogen-bond donors (Lipinski definition) is 0. The van der Waals surface area contributed by atoms with Crippen molar-refractivity contribution in [1.82, 2.24) is 9.80 Å². The molecule has 2 aliphatic rings. The van der Waals surface area contributed by atoms with Crippen molar-refractivity contribution < 1.29 is 23.9 Å². The third-order valence-corrected chi connectivity index (χ3v) is 5.57. The molecule has 2 aromatic carbocycles. The van der Waals surface area contributed by atoms with Gasteiger partial charge in [-0.1, -0.05) is 23.8 Å². The number of amides is 4. The number of hydrogen-bond acceptors (Lipinski definition) is 5. The molecule has 0 N–H and O–H groups in total. The quantitative estimate of drug-likeness (QED) is 0.706. The number of imide groups is 1. The van der Waals surface area contributed by atoms with Crippen LogP contribution >= 0.6 is 0 Å². The van der Waals surface area contributed by atoms with E-state index in [9.17, 15) is 19.2 Å². The van der Waals surface area contributed by atoms with Crippen LogP contribution in [0.25, 0.3) is 0 Å². The summed E-state index contributed by atoms with van der Waals surface area (Å²) in [7, 11) is 3.23. The summed E-state index contributed by atoms with van der Waals surface area (Å²) >= 11 is 0. The number of rotatable bonds is 3. The Kier molecular flexibility index (Phi) is 5.00. The van der Waals surface area contributed by atoms with Crippen LogP contribution in [0.4, 0.5) is 5.69 Å². The van der Waals surface area contributed by atoms with E-state index >= 15 is 0 Å². The summed E-state index contributed by atoms with van der Waals surface area (Å²) in [5, 5.41) is 0. The van der Waals surface area contributed by atoms with Crippen LogP contribution in [0.5, 0.6) is 5.75 Å². The first-order valence-electron chi connectivity index (χ1n) is 9.97. The van der Waals surface area contributed by atoms with Crippen LogP contribution in [0.3, 0.4) is 0 Å². The molecule has 160 valence electrons. The predicted molar refractivity (Wildman–Crippen MR) is 113 cm³/mol. The lowest BCUT2D eigenvalue weighted by atomic mass is 10.1. The largest absolute Gasteiger partial charge is 0.476 e. The topological polar surface area (TPSA) is 87.2 Å². The second kappa shape index (κ2) is 7.54. The van der Waals surface area contributed by atoms with Crippen molar-refractivity contribution in [2.75, 3.05) is 25.5 Å². The van der Waals surface area contributed by atoms with Gasteiger partial charge in [0.05, 0.1) is 23.4 Å². The molecule has 0 saturated carbocycles. The maximum absolute atomic E-state index is 13.5. The maximum atomic E-state index is 13.5. The lowest BCUT2D eigenvalue weighted by Crippen LogP contribution is -2.55. The second-order valence-electron chi connectivity index (χ2n) is 7.96. The van der Waals surface area contributed by atoms with Crippen LogP contribution in [0.2, 0.25) is 0 Å². The molecule has 4 rings (SSSR count). The Hall–Kier alpha value is -3.68. The van der Waals surface area contributed by atoms with E-state index in [4.69, 9.17) is 4.74 Å². The number of carbonyl (C=O) groups excluding carboxylic acids is 4. The molecule has 0 fully saturated rings. The Bertz CT molecular complexity index is 1110. The van der Waals surface area contributed by atoms with Gasteiger partial charge < -0.3 is 14.5 Å². The Morgan fingerprint density at radius 2 is 1.74 bits per heavy atom. The molecule has 8 nitrogen and oxygen atoms in total. The molecule has 2 heterocycles. The van der Waals surface area contributed by atoms with Crippen molar-refractivity contribution >= 4 is 29.3 Å². The van der Waals surface area contributed by atoms with Crippen LogP contribution < -0.4 is 9.64 Å². The molecule has 2 aliphatic heterocycles. The van der Waals surface area contributed by atoms with Crippen LogP contribution in [-0.4, -0.2) is 66.2 Å². The fourth-order valence-electron chi connectivity index (χ4n) is 3.92. The van der Waals surface area contributed by atoms with Gasteiger partial charge in [-0.05, 0) is 38.1 Å². The molecule has 0 bridgehead atoms. The predicted octanol–water partition coefficient (Wildman–Crippen LogP) is 1.86. The van der Waals surface area contributed by atoms with Crippen LogP contribution in [-0.2, 0) is 9.59 Å². The first-order chi connectivity index (χ1) is 14.7. The molecular formula is C23H23N3O5. The van der Waals surface area contributed by atoms with Crippen LogP contribution in [0.15, 0.2) is 42.5 Å². The lowest BCUT2D eigenvalue weighted by molar-refractivity contribution is -0.136. The average molecular weight is 421 g/mol. The van der Waals surface area contributed by atoms with Gasteiger partial charge in [-0.3, -0.25) is 24.1 Å². The van der Waals surface area contributed by atoms with E-state index in [0.29, 0.717) is 22.6 Å². The van der Waals surface area contributed by atoms with Crippen LogP contribution in [0, 0.1) is 6.92 Å². The summed E-state index contributed by atoms with van der Waals surface area (Å²) in [6.45, 7) is 3.35. The lowest BCUT2D eigenvalue weighted by Gasteiger charge is -2.37. The summed E-state index contributed by atoms with van der Waals surface area (Å²) < 4.78 is 5.81. The van der Waals surface area contributed by atoms with Crippen molar-refractivity contribution in [2.24, 2.45) is 0 Å². The van der Waals surface area contributed by atoms with Gasteiger partial charge in [-0.15, -0.1) is 0 Å². The summed E-state index contributed by atoms with van der Waals surface area (Å²) in [6, 6.07) is 10.9. The Morgan fingerprint density at radius 3 is 2.45 bits per heavy atom. The highest BCUT2D eigenvalue weighted by atomic mass is 16.5. The van der Waals surface area contributed by atoms with Crippen molar-refractivity contribution in [2.45, 2.75) is 26.0 Å². The third kappa shape index (κ3) is 3.34. The van der Waals surface area contributed by atoms with E-state index in [1.165, 1.54) is 16.7 Å². The molecule has 0 spiro atoms. The summed E-state index contributed by atoms with van der Waals surface area (Å²) in [6.07, 6.45) is -0.883. The minimum absolute atomic E-state index is 0.0144. The van der Waals surface area contributed by atoms with Crippen molar-refractivity contribution in [3.63, 3.8) is 0 Å². The van der Waals surface area contributed by atoms with E-state index in [0.717, 1.165) is 10.5 Å². The fourth-order valence-corrected chi connectivity index (χ4v) is 3.92. The minimum atomic E-state index is -1.05. The average Bonchev–Trinajstić information content (AvgIpc) is 3.00. The van der Waals surface area contributed by atoms with Crippen molar-refractivity contribution in [1.29, 1.82) is 0 Å². The zero-order chi connectivity index (χ0) is 22.4. The van der Waals surface area contributed by atoms with E-state index in [-0.39, 0.29) is 12.5 Å². The maximum Gasteiger partial charge on any atom is 0.265 e. The summed E-state index contributed by atoms with van der Waals surface area (Å²) in [5.41, 5.74) is 1.94. The van der Waals surface area contributed by atoms with Crippen molar-refractivity contribution in [3.05, 3.63) is 59.2 Å². The zero-order valence-corrected chi connectivity index (χ0v) is 17.8. The summed E-state index contributed by atoms with van der Waals surface area (Å²) in [5.74, 6) is -1.34. The van der Waals surface area contributed by atoms with E-state index in [2.05, 4.69) is 0 Å². The second-order valence-corrected chi connectivity index (χ2v) is 7.96. The number of anilines is 1. The number of nitrogens with zero attached hydrogens (tertiary/aromatic N) is 3. The van der Waals surface area contributed by atoms with Crippen LogP contribution in [0.1, 0.15) is 33.2 Å². The fraction of sp³-hybridized carbons (Fsp3) is 0.304. The Balaban J connectivity index is 1.66. The number of benzene rings is 2. The molecular weight excluding hydrogens is 398 g/mol. The van der Waals surface area contributed by atoms with E-state index in [1.54, 1.807) is 56.6 Å². The number of para-hydroxylation sites is 2. The third-order valence-electron chi connectivity index (χ3n) is 5.57. The van der Waals surface area contributed by atoms with Gasteiger partial charge in [-0.2, -0.15) is 0 Å². The highest BCUT2D eigenvalue weighted by Crippen LogP contribution is 2.35.